The van der Waals surface area contributed by atoms with Crippen LogP contribution in [0.25, 0.3) is 11.1 Å². The van der Waals surface area contributed by atoms with Crippen LogP contribution in [0.2, 0.25) is 0 Å². The summed E-state index contributed by atoms with van der Waals surface area (Å²) in [7, 11) is 3.96. The Balaban J connectivity index is 0.00000225. The summed E-state index contributed by atoms with van der Waals surface area (Å²) in [6.45, 7) is 1.31. The van der Waals surface area contributed by atoms with Crippen molar-refractivity contribution >= 4 is 35.4 Å². The molecule has 0 saturated carbocycles. The zero-order valence-corrected chi connectivity index (χ0v) is 17.3. The maximum atomic E-state index is 11.7. The lowest BCUT2D eigenvalue weighted by Gasteiger charge is -2.49. The quantitative estimate of drug-likeness (QED) is 0.791. The van der Waals surface area contributed by atoms with Crippen molar-refractivity contribution in [3.63, 3.8) is 0 Å². The topological polar surface area (TPSA) is 84.8 Å². The molecule has 154 valence electrons. The van der Waals surface area contributed by atoms with Crippen LogP contribution >= 0.6 is 12.4 Å². The number of ether oxygens (including phenoxy) is 1. The molecule has 2 aliphatic heterocycles. The van der Waals surface area contributed by atoms with Crippen LogP contribution in [0.3, 0.4) is 0 Å². The second-order valence-corrected chi connectivity index (χ2v) is 7.73. The minimum atomic E-state index is -0.488. The molecule has 3 heterocycles. The number of anilines is 1. The number of halogens is 1. The fourth-order valence-corrected chi connectivity index (χ4v) is 4.72. The Labute approximate surface area is 171 Å². The second-order valence-electron chi connectivity index (χ2n) is 7.73. The van der Waals surface area contributed by atoms with Crippen molar-refractivity contribution < 1.29 is 13.9 Å². The lowest BCUT2D eigenvalue weighted by molar-refractivity contribution is 0.0528. The number of amides is 1. The third-order valence-electron chi connectivity index (χ3n) is 6.21. The number of methoxy groups -OCH3 is 1. The number of benzene rings is 1. The third kappa shape index (κ3) is 3.83. The summed E-state index contributed by atoms with van der Waals surface area (Å²) in [5.74, 6) is -0.488. The zero-order valence-electron chi connectivity index (χ0n) is 16.5. The summed E-state index contributed by atoms with van der Waals surface area (Å²) < 4.78 is 11.4. The monoisotopic (exact) mass is 408 g/mol. The van der Waals surface area contributed by atoms with E-state index in [9.17, 15) is 4.79 Å². The zero-order chi connectivity index (χ0) is 19.0. The van der Waals surface area contributed by atoms with Gasteiger partial charge < -0.3 is 24.7 Å². The van der Waals surface area contributed by atoms with Gasteiger partial charge in [-0.1, -0.05) is 12.5 Å². The number of fused-ring (bicyclic) bond motifs is 3. The van der Waals surface area contributed by atoms with Crippen LogP contribution in [0, 0.1) is 0 Å². The van der Waals surface area contributed by atoms with E-state index in [1.54, 1.807) is 19.2 Å². The number of hydrogen-bond donors (Lipinski definition) is 1. The van der Waals surface area contributed by atoms with Crippen molar-refractivity contribution in [2.24, 2.45) is 5.73 Å². The Hall–Kier alpha value is -1.83. The van der Waals surface area contributed by atoms with Crippen LogP contribution in [-0.4, -0.2) is 61.2 Å². The third-order valence-corrected chi connectivity index (χ3v) is 6.21. The molecule has 1 aromatic carbocycles. The number of carbonyl (C=O) groups excluding carboxylic acids is 1. The van der Waals surface area contributed by atoms with Crippen LogP contribution in [0.5, 0.6) is 0 Å². The molecule has 28 heavy (non-hydrogen) atoms. The van der Waals surface area contributed by atoms with Crippen molar-refractivity contribution in [2.75, 3.05) is 32.2 Å². The molecule has 2 aliphatic rings. The van der Waals surface area contributed by atoms with E-state index in [2.05, 4.69) is 21.8 Å². The average molecular weight is 409 g/mol. The highest BCUT2D eigenvalue weighted by atomic mass is 35.5. The first-order valence-electron chi connectivity index (χ1n) is 9.75. The van der Waals surface area contributed by atoms with Gasteiger partial charge in [-0.3, -0.25) is 4.79 Å². The summed E-state index contributed by atoms with van der Waals surface area (Å²) in [5.41, 5.74) is 7.04. The summed E-state index contributed by atoms with van der Waals surface area (Å²) in [6, 6.07) is 7.43. The van der Waals surface area contributed by atoms with Gasteiger partial charge in [-0.2, -0.15) is 4.98 Å². The van der Waals surface area contributed by atoms with E-state index in [1.165, 1.54) is 19.3 Å². The Bertz CT molecular complexity index is 813. The van der Waals surface area contributed by atoms with Crippen LogP contribution in [-0.2, 0) is 4.74 Å². The largest absolute Gasteiger partial charge is 0.423 e. The SMILES string of the molecule is COCCN(c1nc2c(C(N)=O)cccc2o1)C1CC2CCCC(C1)N2C.Cl. The molecular formula is C20H29ClN4O3. The molecular weight excluding hydrogens is 380 g/mol. The molecule has 0 radical (unpaired) electrons. The van der Waals surface area contributed by atoms with Gasteiger partial charge in [0, 0.05) is 31.8 Å². The van der Waals surface area contributed by atoms with E-state index in [0.29, 0.717) is 54.0 Å². The molecule has 4 rings (SSSR count). The van der Waals surface area contributed by atoms with Crippen molar-refractivity contribution in [3.05, 3.63) is 23.8 Å². The van der Waals surface area contributed by atoms with E-state index in [-0.39, 0.29) is 12.4 Å². The number of carbonyl (C=O) groups is 1. The molecule has 2 unspecified atom stereocenters. The van der Waals surface area contributed by atoms with Crippen LogP contribution in [0.1, 0.15) is 42.5 Å². The Morgan fingerprint density at radius 3 is 2.71 bits per heavy atom. The highest BCUT2D eigenvalue weighted by Crippen LogP contribution is 2.37. The van der Waals surface area contributed by atoms with Crippen LogP contribution < -0.4 is 10.6 Å². The summed E-state index contributed by atoms with van der Waals surface area (Å²) in [5, 5.41) is 0. The average Bonchev–Trinajstić information content (AvgIpc) is 3.06. The first-order chi connectivity index (χ1) is 13.1. The molecule has 0 spiro atoms. The molecule has 0 aliphatic carbocycles. The minimum Gasteiger partial charge on any atom is -0.423 e. The van der Waals surface area contributed by atoms with E-state index in [1.807, 2.05) is 6.07 Å². The smallest absolute Gasteiger partial charge is 0.298 e. The lowest BCUT2D eigenvalue weighted by atomic mass is 9.82. The minimum absolute atomic E-state index is 0. The van der Waals surface area contributed by atoms with Gasteiger partial charge in [0.2, 0.25) is 0 Å². The number of para-hydroxylation sites is 1. The van der Waals surface area contributed by atoms with Gasteiger partial charge in [0.1, 0.15) is 5.52 Å². The fraction of sp³-hybridized carbons (Fsp3) is 0.600. The van der Waals surface area contributed by atoms with Crippen LogP contribution in [0.4, 0.5) is 6.01 Å². The van der Waals surface area contributed by atoms with Gasteiger partial charge in [-0.05, 0) is 44.9 Å². The van der Waals surface area contributed by atoms with Gasteiger partial charge in [0.05, 0.1) is 12.2 Å². The van der Waals surface area contributed by atoms with Crippen molar-refractivity contribution in [3.8, 4) is 0 Å². The Morgan fingerprint density at radius 2 is 2.07 bits per heavy atom. The molecule has 1 aromatic heterocycles. The van der Waals surface area contributed by atoms with Crippen molar-refractivity contribution in [2.45, 2.75) is 50.2 Å². The molecule has 7 nitrogen and oxygen atoms in total. The van der Waals surface area contributed by atoms with Gasteiger partial charge in [-0.15, -0.1) is 12.4 Å². The second kappa shape index (κ2) is 8.68. The molecule has 1 amide bonds. The maximum Gasteiger partial charge on any atom is 0.298 e. The normalized spacial score (nSPS) is 24.7. The number of primary amides is 1. The lowest BCUT2D eigenvalue weighted by Crippen LogP contribution is -2.56. The molecule has 2 bridgehead atoms. The van der Waals surface area contributed by atoms with E-state index < -0.39 is 5.91 Å². The number of nitrogens with zero attached hydrogens (tertiary/aromatic N) is 3. The van der Waals surface area contributed by atoms with Gasteiger partial charge in [0.15, 0.2) is 5.58 Å². The molecule has 2 fully saturated rings. The number of hydrogen-bond acceptors (Lipinski definition) is 6. The van der Waals surface area contributed by atoms with Gasteiger partial charge in [-0.25, -0.2) is 0 Å². The Morgan fingerprint density at radius 1 is 1.36 bits per heavy atom. The van der Waals surface area contributed by atoms with Crippen molar-refractivity contribution in [1.29, 1.82) is 0 Å². The molecule has 2 N–H and O–H groups in total. The predicted octanol–water partition coefficient (Wildman–Crippen LogP) is 2.82. The summed E-state index contributed by atoms with van der Waals surface area (Å²) in [6.07, 6.45) is 6.01. The molecule has 8 heteroatoms. The van der Waals surface area contributed by atoms with E-state index >= 15 is 0 Å². The number of oxazole rings is 1. The molecule has 2 saturated heterocycles. The van der Waals surface area contributed by atoms with E-state index in [4.69, 9.17) is 14.9 Å². The first-order valence-corrected chi connectivity index (χ1v) is 9.75. The van der Waals surface area contributed by atoms with Crippen LogP contribution in [0.15, 0.2) is 22.6 Å². The maximum absolute atomic E-state index is 11.7. The standard InChI is InChI=1S/C20H28N4O3.ClH/c1-23-13-5-3-6-14(23)12-15(11-13)24(9-10-26-2)20-22-18-16(19(21)25)7-4-8-17(18)27-20;/h4,7-8,13-15H,3,5-6,9-12H2,1-2H3,(H2,21,25);1H. The number of nitrogens with two attached hydrogens (primary N) is 1. The highest BCUT2D eigenvalue weighted by molar-refractivity contribution is 6.03. The van der Waals surface area contributed by atoms with Crippen molar-refractivity contribution in [1.82, 2.24) is 9.88 Å². The number of aromatic nitrogens is 1. The summed E-state index contributed by atoms with van der Waals surface area (Å²) in [4.78, 5) is 21.2. The summed E-state index contributed by atoms with van der Waals surface area (Å²) >= 11 is 0. The number of piperidine rings is 2. The first kappa shape index (κ1) is 20.9. The molecule has 2 atom stereocenters. The van der Waals surface area contributed by atoms with Gasteiger partial charge in [0.25, 0.3) is 11.9 Å². The fourth-order valence-electron chi connectivity index (χ4n) is 4.72. The van der Waals surface area contributed by atoms with E-state index in [0.717, 1.165) is 12.8 Å². The highest BCUT2D eigenvalue weighted by Gasteiger charge is 2.39. The molecule has 2 aromatic rings. The number of rotatable bonds is 6. The van der Waals surface area contributed by atoms with Gasteiger partial charge >= 0.3 is 0 Å². The Kier molecular flexibility index (Phi) is 6.47. The predicted molar refractivity (Wildman–Crippen MR) is 111 cm³/mol.